The molecule has 0 heterocycles. The van der Waals surface area contributed by atoms with E-state index in [9.17, 15) is 14.4 Å². The van der Waals surface area contributed by atoms with Gasteiger partial charge in [0.2, 0.25) is 5.91 Å². The van der Waals surface area contributed by atoms with E-state index in [1.165, 1.54) is 0 Å². The number of esters is 1. The van der Waals surface area contributed by atoms with Crippen LogP contribution in [0.25, 0.3) is 10.8 Å². The van der Waals surface area contributed by atoms with Gasteiger partial charge >= 0.3 is 5.97 Å². The van der Waals surface area contributed by atoms with Crippen LogP contribution < -0.4 is 10.6 Å². The maximum absolute atomic E-state index is 12.6. The molecular weight excluding hydrogens is 380 g/mol. The first-order valence-electron chi connectivity index (χ1n) is 10.5. The molecule has 0 saturated heterocycles. The van der Waals surface area contributed by atoms with Crippen LogP contribution in [0, 0.1) is 11.8 Å². The predicted octanol–water partition coefficient (Wildman–Crippen LogP) is 3.23. The zero-order valence-electron chi connectivity index (χ0n) is 18.2. The summed E-state index contributed by atoms with van der Waals surface area (Å²) >= 11 is 0. The normalized spacial score (nSPS) is 12.1. The molecule has 0 aliphatic rings. The van der Waals surface area contributed by atoms with Gasteiger partial charge in [-0.15, -0.1) is 0 Å². The van der Waals surface area contributed by atoms with E-state index in [0.717, 1.165) is 22.8 Å². The number of hydrogen-bond donors (Lipinski definition) is 2. The predicted molar refractivity (Wildman–Crippen MR) is 118 cm³/mol. The molecule has 6 heteroatoms. The second-order valence-corrected chi connectivity index (χ2v) is 8.24. The standard InChI is InChI=1S/C24H32N2O4/c1-16(2)12-13-25-22(28)15-30-24(29)23(17(3)4)26-21(27)14-19-10-7-9-18-8-5-6-11-20(18)19/h5-11,16-17,23H,12-15H2,1-4H3,(H,25,28)(H,26,27)/t23-/m0/s1. The van der Waals surface area contributed by atoms with Gasteiger partial charge in [0, 0.05) is 6.54 Å². The van der Waals surface area contributed by atoms with Crippen LogP contribution >= 0.6 is 0 Å². The van der Waals surface area contributed by atoms with Crippen LogP contribution in [0.5, 0.6) is 0 Å². The van der Waals surface area contributed by atoms with Crippen molar-refractivity contribution >= 4 is 28.6 Å². The number of benzene rings is 2. The number of ether oxygens (including phenoxy) is 1. The fourth-order valence-electron chi connectivity index (χ4n) is 3.12. The van der Waals surface area contributed by atoms with E-state index in [1.54, 1.807) is 0 Å². The highest BCUT2D eigenvalue weighted by Gasteiger charge is 2.26. The SMILES string of the molecule is CC(C)CCNC(=O)COC(=O)[C@@H](NC(=O)Cc1cccc2ccccc12)C(C)C. The van der Waals surface area contributed by atoms with E-state index in [0.29, 0.717) is 12.5 Å². The Labute approximate surface area is 178 Å². The van der Waals surface area contributed by atoms with Gasteiger partial charge in [0.25, 0.3) is 5.91 Å². The van der Waals surface area contributed by atoms with E-state index in [-0.39, 0.29) is 30.8 Å². The van der Waals surface area contributed by atoms with Gasteiger partial charge in [-0.05, 0) is 34.6 Å². The maximum Gasteiger partial charge on any atom is 0.329 e. The number of carbonyl (C=O) groups is 3. The summed E-state index contributed by atoms with van der Waals surface area (Å²) < 4.78 is 5.14. The van der Waals surface area contributed by atoms with Gasteiger partial charge in [0.1, 0.15) is 6.04 Å². The second-order valence-electron chi connectivity index (χ2n) is 8.24. The largest absolute Gasteiger partial charge is 0.454 e. The summed E-state index contributed by atoms with van der Waals surface area (Å²) in [6, 6.07) is 12.9. The molecule has 0 spiro atoms. The molecule has 0 aliphatic heterocycles. The highest BCUT2D eigenvalue weighted by molar-refractivity contribution is 5.92. The minimum absolute atomic E-state index is 0.160. The lowest BCUT2D eigenvalue weighted by molar-refractivity contribution is -0.152. The Morgan fingerprint density at radius 3 is 2.33 bits per heavy atom. The first-order valence-corrected chi connectivity index (χ1v) is 10.5. The van der Waals surface area contributed by atoms with Crippen molar-refractivity contribution in [2.24, 2.45) is 11.8 Å². The average Bonchev–Trinajstić information content (AvgIpc) is 2.70. The second kappa shape index (κ2) is 11.3. The Bertz CT molecular complexity index is 871. The third kappa shape index (κ3) is 7.17. The van der Waals surface area contributed by atoms with Crippen molar-refractivity contribution in [3.63, 3.8) is 0 Å². The highest BCUT2D eigenvalue weighted by Crippen LogP contribution is 2.19. The summed E-state index contributed by atoms with van der Waals surface area (Å²) in [6.45, 7) is 7.99. The lowest BCUT2D eigenvalue weighted by atomic mass is 10.0. The van der Waals surface area contributed by atoms with Crippen LogP contribution in [0.15, 0.2) is 42.5 Å². The van der Waals surface area contributed by atoms with E-state index in [2.05, 4.69) is 24.5 Å². The summed E-state index contributed by atoms with van der Waals surface area (Å²) in [5, 5.41) is 7.56. The quantitative estimate of drug-likeness (QED) is 0.587. The van der Waals surface area contributed by atoms with Crippen molar-refractivity contribution < 1.29 is 19.1 Å². The number of amides is 2. The van der Waals surface area contributed by atoms with Crippen LogP contribution in [-0.4, -0.2) is 37.0 Å². The maximum atomic E-state index is 12.6. The zero-order chi connectivity index (χ0) is 22.1. The molecule has 2 amide bonds. The summed E-state index contributed by atoms with van der Waals surface area (Å²) in [6.07, 6.45) is 1.02. The molecule has 2 aromatic carbocycles. The molecule has 6 nitrogen and oxygen atoms in total. The minimum atomic E-state index is -0.809. The summed E-state index contributed by atoms with van der Waals surface area (Å²) in [5.41, 5.74) is 0.894. The number of fused-ring (bicyclic) bond motifs is 1. The van der Waals surface area contributed by atoms with Gasteiger partial charge in [0.05, 0.1) is 6.42 Å². The minimum Gasteiger partial charge on any atom is -0.454 e. The van der Waals surface area contributed by atoms with Crippen LogP contribution in [0.1, 0.15) is 39.7 Å². The smallest absolute Gasteiger partial charge is 0.329 e. The number of carbonyl (C=O) groups excluding carboxylic acids is 3. The molecule has 2 rings (SSSR count). The van der Waals surface area contributed by atoms with Gasteiger partial charge in [-0.3, -0.25) is 9.59 Å². The Kier molecular flexibility index (Phi) is 8.84. The van der Waals surface area contributed by atoms with E-state index in [4.69, 9.17) is 4.74 Å². The monoisotopic (exact) mass is 412 g/mol. The lowest BCUT2D eigenvalue weighted by Gasteiger charge is -2.21. The Morgan fingerprint density at radius 1 is 0.933 bits per heavy atom. The van der Waals surface area contributed by atoms with Crippen molar-refractivity contribution in [3.8, 4) is 0 Å². The topological polar surface area (TPSA) is 84.5 Å². The summed E-state index contributed by atoms with van der Waals surface area (Å²) in [7, 11) is 0. The molecule has 162 valence electrons. The van der Waals surface area contributed by atoms with Crippen LogP contribution in [0.3, 0.4) is 0 Å². The molecule has 0 saturated carbocycles. The molecule has 2 aromatic rings. The Morgan fingerprint density at radius 2 is 1.63 bits per heavy atom. The van der Waals surface area contributed by atoms with Gasteiger partial charge in [-0.25, -0.2) is 4.79 Å². The van der Waals surface area contributed by atoms with E-state index < -0.39 is 12.0 Å². The summed E-state index contributed by atoms with van der Waals surface area (Å²) in [4.78, 5) is 36.9. The summed E-state index contributed by atoms with van der Waals surface area (Å²) in [5.74, 6) is -0.889. The molecule has 0 fully saturated rings. The number of nitrogens with one attached hydrogen (secondary N) is 2. The van der Waals surface area contributed by atoms with Gasteiger partial charge in [-0.2, -0.15) is 0 Å². The third-order valence-corrected chi connectivity index (χ3v) is 4.86. The Hall–Kier alpha value is -2.89. The van der Waals surface area contributed by atoms with E-state index in [1.807, 2.05) is 56.3 Å². The van der Waals surface area contributed by atoms with Crippen LogP contribution in [0.4, 0.5) is 0 Å². The Balaban J connectivity index is 1.91. The molecule has 0 aromatic heterocycles. The molecule has 2 N–H and O–H groups in total. The first-order chi connectivity index (χ1) is 14.3. The fraction of sp³-hybridized carbons (Fsp3) is 0.458. The fourth-order valence-corrected chi connectivity index (χ4v) is 3.12. The number of rotatable bonds is 10. The third-order valence-electron chi connectivity index (χ3n) is 4.86. The van der Waals surface area contributed by atoms with Crippen molar-refractivity contribution in [1.29, 1.82) is 0 Å². The van der Waals surface area contributed by atoms with Gasteiger partial charge < -0.3 is 15.4 Å². The van der Waals surface area contributed by atoms with Crippen molar-refractivity contribution in [3.05, 3.63) is 48.0 Å². The molecule has 0 radical (unpaired) electrons. The zero-order valence-corrected chi connectivity index (χ0v) is 18.2. The van der Waals surface area contributed by atoms with Gasteiger partial charge in [0.15, 0.2) is 6.61 Å². The molecule has 0 aliphatic carbocycles. The highest BCUT2D eigenvalue weighted by atomic mass is 16.5. The molecule has 30 heavy (non-hydrogen) atoms. The van der Waals surface area contributed by atoms with Crippen molar-refractivity contribution in [2.75, 3.05) is 13.2 Å². The van der Waals surface area contributed by atoms with Crippen molar-refractivity contribution in [1.82, 2.24) is 10.6 Å². The molecular formula is C24H32N2O4. The lowest BCUT2D eigenvalue weighted by Crippen LogP contribution is -2.46. The molecule has 0 unspecified atom stereocenters. The van der Waals surface area contributed by atoms with E-state index >= 15 is 0 Å². The van der Waals surface area contributed by atoms with Crippen LogP contribution in [-0.2, 0) is 25.5 Å². The average molecular weight is 413 g/mol. The number of hydrogen-bond acceptors (Lipinski definition) is 4. The van der Waals surface area contributed by atoms with Crippen LogP contribution in [0.2, 0.25) is 0 Å². The first kappa shape index (κ1) is 23.4. The molecule has 1 atom stereocenters. The van der Waals surface area contributed by atoms with Crippen molar-refractivity contribution in [2.45, 2.75) is 46.6 Å². The molecule has 0 bridgehead atoms. The van der Waals surface area contributed by atoms with Gasteiger partial charge in [-0.1, -0.05) is 70.2 Å².